The van der Waals surface area contributed by atoms with Gasteiger partial charge in [0.2, 0.25) is 0 Å². The quantitative estimate of drug-likeness (QED) is 0.727. The molecule has 2 atom stereocenters. The molecule has 0 spiro atoms. The summed E-state index contributed by atoms with van der Waals surface area (Å²) in [5.74, 6) is 1.88. The molecule has 2 aliphatic rings. The van der Waals surface area contributed by atoms with Crippen LogP contribution in [0.3, 0.4) is 0 Å². The number of carbonyl (C=O) groups is 1. The molecule has 0 aromatic carbocycles. The first-order valence-corrected chi connectivity index (χ1v) is 8.63. The van der Waals surface area contributed by atoms with Gasteiger partial charge in [0.25, 0.3) is 0 Å². The van der Waals surface area contributed by atoms with Crippen LogP contribution in [-0.4, -0.2) is 54.8 Å². The molecular weight excluding hydrogens is 246 g/mol. The van der Waals surface area contributed by atoms with Crippen LogP contribution in [0.25, 0.3) is 0 Å². The number of rotatable bonds is 2. The van der Waals surface area contributed by atoms with E-state index in [-0.39, 0.29) is 17.2 Å². The van der Waals surface area contributed by atoms with Gasteiger partial charge in [-0.25, -0.2) is 8.42 Å². The fraction of sp³-hybridized carbons (Fsp3) is 0.900. The van der Waals surface area contributed by atoms with Gasteiger partial charge < -0.3 is 0 Å². The van der Waals surface area contributed by atoms with E-state index in [4.69, 9.17) is 0 Å². The highest BCUT2D eigenvalue weighted by Crippen LogP contribution is 2.29. The van der Waals surface area contributed by atoms with E-state index in [1.54, 1.807) is 11.8 Å². The molecule has 0 aromatic rings. The highest BCUT2D eigenvalue weighted by molar-refractivity contribution is 8.00. The Morgan fingerprint density at radius 2 is 2.19 bits per heavy atom. The van der Waals surface area contributed by atoms with Gasteiger partial charge in [-0.1, -0.05) is 0 Å². The minimum atomic E-state index is -3.04. The molecule has 2 unspecified atom stereocenters. The van der Waals surface area contributed by atoms with Crippen LogP contribution in [0.5, 0.6) is 0 Å². The zero-order valence-electron chi connectivity index (χ0n) is 9.39. The molecule has 16 heavy (non-hydrogen) atoms. The Hall–Kier alpha value is -0.0700. The van der Waals surface area contributed by atoms with E-state index in [1.807, 2.05) is 4.90 Å². The molecule has 2 fully saturated rings. The smallest absolute Gasteiger partial charge is 0.164 e. The predicted molar refractivity (Wildman–Crippen MR) is 65.3 cm³/mol. The molecule has 1 saturated heterocycles. The lowest BCUT2D eigenvalue weighted by molar-refractivity contribution is -0.117. The van der Waals surface area contributed by atoms with Crippen LogP contribution >= 0.6 is 11.8 Å². The molecule has 1 saturated carbocycles. The van der Waals surface area contributed by atoms with Crippen LogP contribution in [0.15, 0.2) is 0 Å². The molecule has 92 valence electrons. The number of hydrogen-bond acceptors (Lipinski definition) is 5. The Labute approximate surface area is 101 Å². The van der Waals surface area contributed by atoms with E-state index in [9.17, 15) is 13.2 Å². The summed E-state index contributed by atoms with van der Waals surface area (Å²) in [4.78, 5) is 13.3. The van der Waals surface area contributed by atoms with Crippen molar-refractivity contribution in [1.82, 2.24) is 4.90 Å². The van der Waals surface area contributed by atoms with E-state index in [0.717, 1.165) is 18.7 Å². The largest absolute Gasteiger partial charge is 0.300 e. The molecule has 0 aromatic heterocycles. The molecule has 6 heteroatoms. The van der Waals surface area contributed by atoms with Crippen LogP contribution in [0.4, 0.5) is 0 Å². The first kappa shape index (κ1) is 12.4. The highest BCUT2D eigenvalue weighted by Gasteiger charge is 2.38. The standard InChI is InChI=1S/C10H17NO3S2/c1-16(13,14)10-7-15-5-4-11(10)8-2-3-9(12)6-8/h8,10H,2-7H2,1H3. The number of sulfone groups is 1. The lowest BCUT2D eigenvalue weighted by Gasteiger charge is -2.37. The molecule has 4 nitrogen and oxygen atoms in total. The van der Waals surface area contributed by atoms with Crippen molar-refractivity contribution in [3.05, 3.63) is 0 Å². The van der Waals surface area contributed by atoms with Crippen LogP contribution in [0, 0.1) is 0 Å². The van der Waals surface area contributed by atoms with Crippen molar-refractivity contribution >= 4 is 27.4 Å². The Morgan fingerprint density at radius 3 is 2.75 bits per heavy atom. The first-order valence-electron chi connectivity index (χ1n) is 5.52. The third-order valence-electron chi connectivity index (χ3n) is 3.31. The third-order valence-corrected chi connectivity index (χ3v) is 5.97. The normalized spacial score (nSPS) is 33.2. The molecule has 0 bridgehead atoms. The van der Waals surface area contributed by atoms with Crippen molar-refractivity contribution in [2.24, 2.45) is 0 Å². The van der Waals surface area contributed by atoms with Crippen LogP contribution in [0.1, 0.15) is 19.3 Å². The van der Waals surface area contributed by atoms with E-state index < -0.39 is 9.84 Å². The Bertz CT molecular complexity index is 380. The number of hydrogen-bond donors (Lipinski definition) is 0. The van der Waals surface area contributed by atoms with Crippen molar-refractivity contribution in [2.75, 3.05) is 24.3 Å². The summed E-state index contributed by atoms with van der Waals surface area (Å²) in [6, 6.07) is 0.160. The van der Waals surface area contributed by atoms with Gasteiger partial charge in [0, 0.05) is 43.2 Å². The van der Waals surface area contributed by atoms with Crippen molar-refractivity contribution in [3.63, 3.8) is 0 Å². The molecule has 0 N–H and O–H groups in total. The molecule has 0 amide bonds. The number of Topliss-reactive ketones (excluding diaryl/α,β-unsaturated/α-hetero) is 1. The van der Waals surface area contributed by atoms with Gasteiger partial charge >= 0.3 is 0 Å². The zero-order chi connectivity index (χ0) is 11.8. The summed E-state index contributed by atoms with van der Waals surface area (Å²) >= 11 is 1.69. The third kappa shape index (κ3) is 2.60. The fourth-order valence-corrected chi connectivity index (χ4v) is 5.41. The second kappa shape index (κ2) is 4.66. The molecule has 2 rings (SSSR count). The number of carbonyl (C=O) groups excluding carboxylic acids is 1. The topological polar surface area (TPSA) is 54.5 Å². The Balaban J connectivity index is 2.14. The van der Waals surface area contributed by atoms with Gasteiger partial charge in [-0.2, -0.15) is 11.8 Å². The Kier molecular flexibility index (Phi) is 3.61. The molecule has 1 aliphatic heterocycles. The molecular formula is C10H17NO3S2. The van der Waals surface area contributed by atoms with E-state index in [0.29, 0.717) is 18.6 Å². The van der Waals surface area contributed by atoms with Crippen LogP contribution in [0.2, 0.25) is 0 Å². The first-order chi connectivity index (χ1) is 7.48. The summed E-state index contributed by atoms with van der Waals surface area (Å²) in [5.41, 5.74) is 0. The second-order valence-corrected chi connectivity index (χ2v) is 7.89. The lowest BCUT2D eigenvalue weighted by atomic mass is 10.2. The minimum absolute atomic E-state index is 0.160. The summed E-state index contributed by atoms with van der Waals surface area (Å²) in [7, 11) is -3.04. The average Bonchev–Trinajstić information content (AvgIpc) is 2.64. The van der Waals surface area contributed by atoms with Gasteiger partial charge in [-0.05, 0) is 6.42 Å². The monoisotopic (exact) mass is 263 g/mol. The summed E-state index contributed by atoms with van der Waals surface area (Å²) in [6.07, 6.45) is 3.28. The number of nitrogens with zero attached hydrogens (tertiary/aromatic N) is 1. The van der Waals surface area contributed by atoms with Gasteiger partial charge in [0.05, 0.1) is 0 Å². The molecule has 1 aliphatic carbocycles. The summed E-state index contributed by atoms with van der Waals surface area (Å²) in [5, 5.41) is -0.387. The van der Waals surface area contributed by atoms with Crippen LogP contribution < -0.4 is 0 Å². The van der Waals surface area contributed by atoms with Crippen molar-refractivity contribution in [3.8, 4) is 0 Å². The molecule has 0 radical (unpaired) electrons. The maximum absolute atomic E-state index is 11.7. The van der Waals surface area contributed by atoms with E-state index >= 15 is 0 Å². The van der Waals surface area contributed by atoms with Crippen molar-refractivity contribution in [2.45, 2.75) is 30.7 Å². The number of thioether (sulfide) groups is 1. The van der Waals surface area contributed by atoms with Crippen molar-refractivity contribution in [1.29, 1.82) is 0 Å². The second-order valence-electron chi connectivity index (χ2n) is 4.53. The SMILES string of the molecule is CS(=O)(=O)C1CSCCN1C1CCC(=O)C1. The summed E-state index contributed by atoms with van der Waals surface area (Å²) in [6.45, 7) is 0.792. The number of ketones is 1. The van der Waals surface area contributed by atoms with Crippen LogP contribution in [-0.2, 0) is 14.6 Å². The maximum Gasteiger partial charge on any atom is 0.164 e. The van der Waals surface area contributed by atoms with Gasteiger partial charge in [-0.15, -0.1) is 0 Å². The fourth-order valence-electron chi connectivity index (χ4n) is 2.46. The van der Waals surface area contributed by atoms with E-state index in [2.05, 4.69) is 0 Å². The Morgan fingerprint density at radius 1 is 1.44 bits per heavy atom. The molecule has 1 heterocycles. The summed E-state index contributed by atoms with van der Waals surface area (Å²) < 4.78 is 23.4. The zero-order valence-corrected chi connectivity index (χ0v) is 11.0. The van der Waals surface area contributed by atoms with Gasteiger partial charge in [0.15, 0.2) is 9.84 Å². The predicted octanol–water partition coefficient (Wildman–Crippen LogP) is 0.528. The highest BCUT2D eigenvalue weighted by atomic mass is 32.2. The van der Waals surface area contributed by atoms with E-state index in [1.165, 1.54) is 6.26 Å². The lowest BCUT2D eigenvalue weighted by Crippen LogP contribution is -2.51. The minimum Gasteiger partial charge on any atom is -0.300 e. The maximum atomic E-state index is 11.7. The van der Waals surface area contributed by atoms with Gasteiger partial charge in [-0.3, -0.25) is 9.69 Å². The van der Waals surface area contributed by atoms with Crippen molar-refractivity contribution < 1.29 is 13.2 Å². The average molecular weight is 263 g/mol. The van der Waals surface area contributed by atoms with Gasteiger partial charge in [0.1, 0.15) is 11.2 Å².